The Morgan fingerprint density at radius 1 is 1.41 bits per heavy atom. The van der Waals surface area contributed by atoms with E-state index in [1.54, 1.807) is 13.2 Å². The van der Waals surface area contributed by atoms with Gasteiger partial charge >= 0.3 is 5.97 Å². The van der Waals surface area contributed by atoms with E-state index in [2.05, 4.69) is 4.98 Å². The van der Waals surface area contributed by atoms with Crippen LogP contribution < -0.4 is 4.74 Å². The van der Waals surface area contributed by atoms with Crippen molar-refractivity contribution in [2.24, 2.45) is 0 Å². The molecule has 94 valence electrons. The Morgan fingerprint density at radius 2 is 2.18 bits per heavy atom. The Bertz CT molecular complexity index is 379. The molecule has 0 aliphatic carbocycles. The summed E-state index contributed by atoms with van der Waals surface area (Å²) in [5.41, 5.74) is 0.922. The van der Waals surface area contributed by atoms with Crippen molar-refractivity contribution in [1.29, 1.82) is 0 Å². The number of carbonyl (C=O) groups is 1. The SMILES string of the molecule is CCc1cc(C(=O)O)cc(OCCCOC)n1. The van der Waals surface area contributed by atoms with Gasteiger partial charge < -0.3 is 14.6 Å². The topological polar surface area (TPSA) is 68.7 Å². The van der Waals surface area contributed by atoms with Gasteiger partial charge in [0.2, 0.25) is 5.88 Å². The summed E-state index contributed by atoms with van der Waals surface area (Å²) in [5, 5.41) is 8.94. The number of hydrogen-bond acceptors (Lipinski definition) is 4. The van der Waals surface area contributed by atoms with Crippen LogP contribution in [0, 0.1) is 0 Å². The molecule has 1 aromatic heterocycles. The number of pyridine rings is 1. The minimum Gasteiger partial charge on any atom is -0.478 e. The third-order valence-electron chi connectivity index (χ3n) is 2.21. The van der Waals surface area contributed by atoms with Gasteiger partial charge in [-0.3, -0.25) is 0 Å². The van der Waals surface area contributed by atoms with Crippen LogP contribution in [-0.4, -0.2) is 36.4 Å². The monoisotopic (exact) mass is 239 g/mol. The average Bonchev–Trinajstić information content (AvgIpc) is 2.34. The lowest BCUT2D eigenvalue weighted by Crippen LogP contribution is -2.06. The second kappa shape index (κ2) is 6.85. The highest BCUT2D eigenvalue weighted by molar-refractivity contribution is 5.88. The summed E-state index contributed by atoms with van der Waals surface area (Å²) in [5.74, 6) is -0.610. The van der Waals surface area contributed by atoms with E-state index < -0.39 is 5.97 Å². The largest absolute Gasteiger partial charge is 0.478 e. The van der Waals surface area contributed by atoms with Crippen molar-refractivity contribution in [2.75, 3.05) is 20.3 Å². The standard InChI is InChI=1S/C12H17NO4/c1-3-10-7-9(12(14)15)8-11(13-10)17-6-4-5-16-2/h7-8H,3-6H2,1-2H3,(H,14,15). The molecule has 0 fully saturated rings. The Hall–Kier alpha value is -1.62. The van der Waals surface area contributed by atoms with Crippen LogP contribution in [-0.2, 0) is 11.2 Å². The van der Waals surface area contributed by atoms with Crippen LogP contribution in [0.25, 0.3) is 0 Å². The van der Waals surface area contributed by atoms with Crippen molar-refractivity contribution >= 4 is 5.97 Å². The van der Waals surface area contributed by atoms with Crippen molar-refractivity contribution in [2.45, 2.75) is 19.8 Å². The smallest absolute Gasteiger partial charge is 0.335 e. The Morgan fingerprint density at radius 3 is 2.76 bits per heavy atom. The van der Waals surface area contributed by atoms with Gasteiger partial charge in [0.05, 0.1) is 12.2 Å². The molecule has 0 aliphatic rings. The number of hydrogen-bond donors (Lipinski definition) is 1. The van der Waals surface area contributed by atoms with Crippen molar-refractivity contribution in [1.82, 2.24) is 4.98 Å². The molecule has 5 nitrogen and oxygen atoms in total. The molecule has 1 rings (SSSR count). The molecule has 0 atom stereocenters. The van der Waals surface area contributed by atoms with E-state index in [-0.39, 0.29) is 5.56 Å². The summed E-state index contributed by atoms with van der Waals surface area (Å²) in [6.07, 6.45) is 1.42. The number of aromatic carboxylic acids is 1. The number of ether oxygens (including phenoxy) is 2. The third kappa shape index (κ3) is 4.40. The lowest BCUT2D eigenvalue weighted by atomic mass is 10.2. The first kappa shape index (κ1) is 13.4. The third-order valence-corrected chi connectivity index (χ3v) is 2.21. The van der Waals surface area contributed by atoms with Gasteiger partial charge in [-0.25, -0.2) is 9.78 Å². The molecule has 17 heavy (non-hydrogen) atoms. The molecule has 0 aromatic carbocycles. The molecule has 1 heterocycles. The molecule has 0 aliphatic heterocycles. The Kier molecular flexibility index (Phi) is 5.42. The first-order chi connectivity index (χ1) is 8.17. The number of carboxylic acid groups (broad SMARTS) is 1. The molecule has 0 saturated carbocycles. The van der Waals surface area contributed by atoms with Crippen molar-refractivity contribution < 1.29 is 19.4 Å². The van der Waals surface area contributed by atoms with Crippen LogP contribution in [0.2, 0.25) is 0 Å². The molecule has 0 unspecified atom stereocenters. The lowest BCUT2D eigenvalue weighted by molar-refractivity contribution is 0.0696. The maximum absolute atomic E-state index is 10.9. The summed E-state index contributed by atoms with van der Waals surface area (Å²) in [6, 6.07) is 3.00. The Balaban J connectivity index is 2.70. The van der Waals surface area contributed by atoms with Crippen LogP contribution in [0.3, 0.4) is 0 Å². The molecule has 0 radical (unpaired) electrons. The Labute approximate surface area is 100 Å². The van der Waals surface area contributed by atoms with Crippen molar-refractivity contribution in [3.63, 3.8) is 0 Å². The second-order valence-corrected chi connectivity index (χ2v) is 3.54. The van der Waals surface area contributed by atoms with E-state index in [4.69, 9.17) is 14.6 Å². The highest BCUT2D eigenvalue weighted by atomic mass is 16.5. The zero-order valence-electron chi connectivity index (χ0n) is 10.1. The molecule has 0 amide bonds. The van der Waals surface area contributed by atoms with Gasteiger partial charge in [0.25, 0.3) is 0 Å². The number of rotatable bonds is 7. The number of nitrogens with zero attached hydrogens (tertiary/aromatic N) is 1. The predicted octanol–water partition coefficient (Wildman–Crippen LogP) is 1.76. The second-order valence-electron chi connectivity index (χ2n) is 3.54. The highest BCUT2D eigenvalue weighted by Crippen LogP contribution is 2.13. The normalized spacial score (nSPS) is 10.2. The molecule has 1 aromatic rings. The van der Waals surface area contributed by atoms with Crippen LogP contribution in [0.1, 0.15) is 29.4 Å². The maximum Gasteiger partial charge on any atom is 0.335 e. The number of methoxy groups -OCH3 is 1. The number of aromatic nitrogens is 1. The van der Waals surface area contributed by atoms with Gasteiger partial charge in [-0.1, -0.05) is 6.92 Å². The minimum atomic E-state index is -0.969. The van der Waals surface area contributed by atoms with Crippen molar-refractivity contribution in [3.8, 4) is 5.88 Å². The van der Waals surface area contributed by atoms with E-state index in [0.717, 1.165) is 6.42 Å². The van der Waals surface area contributed by atoms with Crippen molar-refractivity contribution in [3.05, 3.63) is 23.4 Å². The maximum atomic E-state index is 10.9. The van der Waals surface area contributed by atoms with Crippen LogP contribution in [0.5, 0.6) is 5.88 Å². The first-order valence-corrected chi connectivity index (χ1v) is 5.53. The average molecular weight is 239 g/mol. The van der Waals surface area contributed by atoms with E-state index >= 15 is 0 Å². The molecule has 0 bridgehead atoms. The zero-order valence-corrected chi connectivity index (χ0v) is 10.1. The van der Waals surface area contributed by atoms with Crippen LogP contribution in [0.15, 0.2) is 12.1 Å². The first-order valence-electron chi connectivity index (χ1n) is 5.53. The van der Waals surface area contributed by atoms with Gasteiger partial charge in [0, 0.05) is 31.9 Å². The zero-order chi connectivity index (χ0) is 12.7. The van der Waals surface area contributed by atoms with Gasteiger partial charge in [-0.05, 0) is 12.5 Å². The summed E-state index contributed by atoms with van der Waals surface area (Å²) < 4.78 is 10.3. The molecular weight excluding hydrogens is 222 g/mol. The van der Waals surface area contributed by atoms with Gasteiger partial charge in [-0.15, -0.1) is 0 Å². The summed E-state index contributed by atoms with van der Waals surface area (Å²) in [6.45, 7) is 3.00. The highest BCUT2D eigenvalue weighted by Gasteiger charge is 2.08. The summed E-state index contributed by atoms with van der Waals surface area (Å²) >= 11 is 0. The molecule has 5 heteroatoms. The fourth-order valence-corrected chi connectivity index (χ4v) is 1.32. The molecule has 1 N–H and O–H groups in total. The minimum absolute atomic E-state index is 0.207. The number of carboxylic acids is 1. The van der Waals surface area contributed by atoms with Crippen LogP contribution in [0.4, 0.5) is 0 Å². The predicted molar refractivity (Wildman–Crippen MR) is 62.6 cm³/mol. The molecule has 0 spiro atoms. The summed E-state index contributed by atoms with van der Waals surface area (Å²) in [4.78, 5) is 15.1. The van der Waals surface area contributed by atoms with E-state index in [1.807, 2.05) is 6.92 Å². The van der Waals surface area contributed by atoms with E-state index in [0.29, 0.717) is 31.2 Å². The van der Waals surface area contributed by atoms with Gasteiger partial charge in [-0.2, -0.15) is 0 Å². The van der Waals surface area contributed by atoms with Crippen LogP contribution >= 0.6 is 0 Å². The molecular formula is C12H17NO4. The van der Waals surface area contributed by atoms with E-state index in [9.17, 15) is 4.79 Å². The van der Waals surface area contributed by atoms with E-state index in [1.165, 1.54) is 6.07 Å². The fraction of sp³-hybridized carbons (Fsp3) is 0.500. The fourth-order valence-electron chi connectivity index (χ4n) is 1.32. The summed E-state index contributed by atoms with van der Waals surface area (Å²) in [7, 11) is 1.62. The lowest BCUT2D eigenvalue weighted by Gasteiger charge is -2.07. The van der Waals surface area contributed by atoms with Gasteiger partial charge in [0.1, 0.15) is 0 Å². The molecule has 0 saturated heterocycles. The van der Waals surface area contributed by atoms with Gasteiger partial charge in [0.15, 0.2) is 0 Å². The number of aryl methyl sites for hydroxylation is 1. The quantitative estimate of drug-likeness (QED) is 0.734.